The third kappa shape index (κ3) is 1.80. The van der Waals surface area contributed by atoms with Crippen LogP contribution < -0.4 is 0 Å². The van der Waals surface area contributed by atoms with Crippen LogP contribution in [0.4, 0.5) is 0 Å². The molecule has 0 aliphatic heterocycles. The van der Waals surface area contributed by atoms with E-state index in [0.29, 0.717) is 0 Å². The molecule has 0 radical (unpaired) electrons. The fourth-order valence-corrected chi connectivity index (χ4v) is 5.09. The standard InChI is InChI=1S/C25H20N2/c1-26-15-20(16-9-5-7-13-21(16)26)23-17-10-3-4-11-18(17)25-24(23)19-12-6-8-14-22(19)27(25)2/h3-15,23H,1-2H3. The van der Waals surface area contributed by atoms with Crippen molar-refractivity contribution in [2.75, 3.05) is 0 Å². The lowest BCUT2D eigenvalue weighted by Crippen LogP contribution is -1.98. The molecular weight excluding hydrogens is 328 g/mol. The molecule has 0 bridgehead atoms. The van der Waals surface area contributed by atoms with Gasteiger partial charge in [0.05, 0.1) is 5.69 Å². The van der Waals surface area contributed by atoms with Crippen LogP contribution in [0.2, 0.25) is 0 Å². The Morgan fingerprint density at radius 2 is 1.33 bits per heavy atom. The van der Waals surface area contributed by atoms with E-state index in [2.05, 4.69) is 102 Å². The molecule has 0 spiro atoms. The molecule has 2 nitrogen and oxygen atoms in total. The van der Waals surface area contributed by atoms with Crippen molar-refractivity contribution in [2.24, 2.45) is 14.1 Å². The lowest BCUT2D eigenvalue weighted by Gasteiger charge is -2.13. The highest BCUT2D eigenvalue weighted by Gasteiger charge is 2.35. The van der Waals surface area contributed by atoms with Gasteiger partial charge in [0, 0.05) is 53.6 Å². The van der Waals surface area contributed by atoms with Crippen LogP contribution in [0, 0.1) is 0 Å². The zero-order chi connectivity index (χ0) is 18.1. The lowest BCUT2D eigenvalue weighted by molar-refractivity contribution is 0.938. The number of para-hydroxylation sites is 2. The average Bonchev–Trinajstić information content (AvgIpc) is 3.32. The van der Waals surface area contributed by atoms with Crippen LogP contribution in [0.15, 0.2) is 79.0 Å². The highest BCUT2D eigenvalue weighted by Crippen LogP contribution is 2.52. The molecule has 1 unspecified atom stereocenters. The topological polar surface area (TPSA) is 9.86 Å². The van der Waals surface area contributed by atoms with Gasteiger partial charge >= 0.3 is 0 Å². The van der Waals surface area contributed by atoms with Crippen LogP contribution in [-0.4, -0.2) is 9.13 Å². The minimum Gasteiger partial charge on any atom is -0.350 e. The van der Waals surface area contributed by atoms with E-state index >= 15 is 0 Å². The van der Waals surface area contributed by atoms with Gasteiger partial charge in [-0.3, -0.25) is 0 Å². The highest BCUT2D eigenvalue weighted by atomic mass is 15.0. The largest absolute Gasteiger partial charge is 0.350 e. The van der Waals surface area contributed by atoms with Crippen LogP contribution in [0.3, 0.4) is 0 Å². The maximum absolute atomic E-state index is 2.37. The molecule has 27 heavy (non-hydrogen) atoms. The number of rotatable bonds is 1. The molecule has 1 atom stereocenters. The molecule has 0 saturated heterocycles. The van der Waals surface area contributed by atoms with Gasteiger partial charge in [-0.05, 0) is 28.8 Å². The summed E-state index contributed by atoms with van der Waals surface area (Å²) in [5.74, 6) is 0.272. The van der Waals surface area contributed by atoms with E-state index in [1.807, 2.05) is 0 Å². The molecule has 2 heterocycles. The Bertz CT molecular complexity index is 1350. The summed E-state index contributed by atoms with van der Waals surface area (Å²) in [7, 11) is 4.35. The second kappa shape index (κ2) is 5.14. The lowest BCUT2D eigenvalue weighted by atomic mass is 9.88. The third-order valence-corrected chi connectivity index (χ3v) is 6.20. The van der Waals surface area contributed by atoms with Crippen LogP contribution in [0.1, 0.15) is 22.6 Å². The first-order valence-electron chi connectivity index (χ1n) is 9.46. The van der Waals surface area contributed by atoms with E-state index in [4.69, 9.17) is 0 Å². The van der Waals surface area contributed by atoms with Gasteiger partial charge in [-0.2, -0.15) is 0 Å². The SMILES string of the molecule is Cn1cc(C2c3ccccc3-c3c2c2ccccc2n3C)c2ccccc21. The molecule has 2 aromatic heterocycles. The minimum absolute atomic E-state index is 0.272. The number of benzene rings is 3. The molecule has 1 aliphatic rings. The molecule has 2 heteroatoms. The number of nitrogens with zero attached hydrogens (tertiary/aromatic N) is 2. The number of aromatic nitrogens is 2. The molecule has 1 aliphatic carbocycles. The van der Waals surface area contributed by atoms with Crippen molar-refractivity contribution in [3.05, 3.63) is 95.7 Å². The second-order valence-electron chi connectivity index (χ2n) is 7.57. The van der Waals surface area contributed by atoms with Crippen LogP contribution in [0.25, 0.3) is 33.1 Å². The fourth-order valence-electron chi connectivity index (χ4n) is 5.09. The van der Waals surface area contributed by atoms with Crippen LogP contribution in [0.5, 0.6) is 0 Å². The number of hydrogen-bond acceptors (Lipinski definition) is 0. The molecule has 6 rings (SSSR count). The summed E-state index contributed by atoms with van der Waals surface area (Å²) < 4.78 is 4.63. The maximum Gasteiger partial charge on any atom is 0.0534 e. The molecule has 130 valence electrons. The highest BCUT2D eigenvalue weighted by molar-refractivity contribution is 5.99. The first-order valence-corrected chi connectivity index (χ1v) is 9.46. The maximum atomic E-state index is 2.37. The Hall–Kier alpha value is -3.26. The van der Waals surface area contributed by atoms with Gasteiger partial charge < -0.3 is 9.13 Å². The van der Waals surface area contributed by atoms with Gasteiger partial charge in [-0.1, -0.05) is 60.7 Å². The summed E-state index contributed by atoms with van der Waals surface area (Å²) in [5, 5.41) is 2.71. The quantitative estimate of drug-likeness (QED) is 0.354. The Morgan fingerprint density at radius 3 is 2.19 bits per heavy atom. The van der Waals surface area contributed by atoms with Gasteiger partial charge in [-0.15, -0.1) is 0 Å². The molecule has 0 amide bonds. The van der Waals surface area contributed by atoms with Crippen molar-refractivity contribution in [2.45, 2.75) is 5.92 Å². The van der Waals surface area contributed by atoms with Gasteiger partial charge in [-0.25, -0.2) is 0 Å². The summed E-state index contributed by atoms with van der Waals surface area (Å²) in [4.78, 5) is 0. The van der Waals surface area contributed by atoms with Crippen molar-refractivity contribution in [1.29, 1.82) is 0 Å². The third-order valence-electron chi connectivity index (χ3n) is 6.20. The Balaban J connectivity index is 1.78. The molecule has 3 aromatic carbocycles. The summed E-state index contributed by atoms with van der Waals surface area (Å²) in [6.45, 7) is 0. The molecule has 5 aromatic rings. The second-order valence-corrected chi connectivity index (χ2v) is 7.57. The van der Waals surface area contributed by atoms with E-state index < -0.39 is 0 Å². The summed E-state index contributed by atoms with van der Waals surface area (Å²) in [6, 6.07) is 26.5. The number of hydrogen-bond donors (Lipinski definition) is 0. The van der Waals surface area contributed by atoms with Crippen molar-refractivity contribution < 1.29 is 0 Å². The van der Waals surface area contributed by atoms with Gasteiger partial charge in [0.2, 0.25) is 0 Å². The zero-order valence-corrected chi connectivity index (χ0v) is 15.5. The van der Waals surface area contributed by atoms with Gasteiger partial charge in [0.1, 0.15) is 0 Å². The molecule has 0 fully saturated rings. The summed E-state index contributed by atoms with van der Waals surface area (Å²) in [5.41, 5.74) is 9.59. The minimum atomic E-state index is 0.272. The Kier molecular flexibility index (Phi) is 2.83. The molecule has 0 N–H and O–H groups in total. The first kappa shape index (κ1) is 14.9. The van der Waals surface area contributed by atoms with Gasteiger partial charge in [0.15, 0.2) is 0 Å². The number of aryl methyl sites for hydroxylation is 2. The Labute approximate surface area is 158 Å². The molecular formula is C25H20N2. The van der Waals surface area contributed by atoms with Crippen molar-refractivity contribution >= 4 is 21.8 Å². The average molecular weight is 348 g/mol. The van der Waals surface area contributed by atoms with E-state index in [-0.39, 0.29) is 5.92 Å². The smallest absolute Gasteiger partial charge is 0.0534 e. The first-order chi connectivity index (χ1) is 13.3. The van der Waals surface area contributed by atoms with Crippen LogP contribution >= 0.6 is 0 Å². The van der Waals surface area contributed by atoms with E-state index in [9.17, 15) is 0 Å². The Morgan fingerprint density at radius 1 is 0.667 bits per heavy atom. The summed E-state index contributed by atoms with van der Waals surface area (Å²) >= 11 is 0. The van der Waals surface area contributed by atoms with Crippen molar-refractivity contribution in [3.63, 3.8) is 0 Å². The van der Waals surface area contributed by atoms with Crippen molar-refractivity contribution in [3.8, 4) is 11.3 Å². The fraction of sp³-hybridized carbons (Fsp3) is 0.120. The predicted molar refractivity (Wildman–Crippen MR) is 112 cm³/mol. The van der Waals surface area contributed by atoms with E-state index in [0.717, 1.165) is 0 Å². The zero-order valence-electron chi connectivity index (χ0n) is 15.5. The van der Waals surface area contributed by atoms with Gasteiger partial charge in [0.25, 0.3) is 0 Å². The monoisotopic (exact) mass is 348 g/mol. The van der Waals surface area contributed by atoms with Crippen LogP contribution in [-0.2, 0) is 14.1 Å². The van der Waals surface area contributed by atoms with Crippen molar-refractivity contribution in [1.82, 2.24) is 9.13 Å². The summed E-state index contributed by atoms with van der Waals surface area (Å²) in [6.07, 6.45) is 2.32. The predicted octanol–water partition coefficient (Wildman–Crippen LogP) is 5.83. The van der Waals surface area contributed by atoms with E-state index in [1.54, 1.807) is 0 Å². The number of fused-ring (bicyclic) bond motifs is 6. The molecule has 0 saturated carbocycles. The van der Waals surface area contributed by atoms with E-state index in [1.165, 1.54) is 49.8 Å². The normalized spacial score (nSPS) is 15.4.